The molecule has 0 unspecified atom stereocenters. The Hall–Kier alpha value is -0.460. The van der Waals surface area contributed by atoms with E-state index >= 15 is 0 Å². The summed E-state index contributed by atoms with van der Waals surface area (Å²) in [5, 5.41) is 14.4. The van der Waals surface area contributed by atoms with E-state index < -0.39 is 6.10 Å². The second-order valence-electron chi connectivity index (χ2n) is 6.00. The van der Waals surface area contributed by atoms with Crippen LogP contribution in [0.15, 0.2) is 16.8 Å². The SMILES string of the molecule is CC(C)OC[C@@H](O)CN(Cc1ccsc1)C[C@H]1CCCO1. The van der Waals surface area contributed by atoms with Crippen LogP contribution in [0.25, 0.3) is 0 Å². The summed E-state index contributed by atoms with van der Waals surface area (Å²) in [5.74, 6) is 0. The maximum atomic E-state index is 10.2. The highest BCUT2D eigenvalue weighted by Crippen LogP contribution is 2.16. The maximum Gasteiger partial charge on any atom is 0.0900 e. The van der Waals surface area contributed by atoms with Crippen LogP contribution >= 0.6 is 11.3 Å². The van der Waals surface area contributed by atoms with Crippen molar-refractivity contribution in [3.05, 3.63) is 22.4 Å². The maximum absolute atomic E-state index is 10.2. The van der Waals surface area contributed by atoms with Gasteiger partial charge < -0.3 is 14.6 Å². The lowest BCUT2D eigenvalue weighted by Crippen LogP contribution is -2.39. The van der Waals surface area contributed by atoms with Crippen LogP contribution in [0.3, 0.4) is 0 Å². The first-order valence-electron chi connectivity index (χ1n) is 7.78. The molecule has 1 aromatic rings. The van der Waals surface area contributed by atoms with Gasteiger partial charge in [0, 0.05) is 26.2 Å². The summed E-state index contributed by atoms with van der Waals surface area (Å²) >= 11 is 1.71. The first-order valence-corrected chi connectivity index (χ1v) is 8.72. The van der Waals surface area contributed by atoms with Gasteiger partial charge in [0.05, 0.1) is 24.9 Å². The highest BCUT2D eigenvalue weighted by molar-refractivity contribution is 7.07. The van der Waals surface area contributed by atoms with Crippen molar-refractivity contribution in [1.29, 1.82) is 0 Å². The Kier molecular flexibility index (Phi) is 7.13. The average Bonchev–Trinajstić information content (AvgIpc) is 3.10. The predicted octanol–water partition coefficient (Wildman–Crippen LogP) is 2.52. The Morgan fingerprint density at radius 1 is 1.52 bits per heavy atom. The van der Waals surface area contributed by atoms with E-state index in [0.29, 0.717) is 19.3 Å². The van der Waals surface area contributed by atoms with Crippen LogP contribution in [0.4, 0.5) is 0 Å². The van der Waals surface area contributed by atoms with Gasteiger partial charge in [0.1, 0.15) is 0 Å². The molecule has 0 spiro atoms. The lowest BCUT2D eigenvalue weighted by atomic mass is 10.2. The molecule has 2 heterocycles. The topological polar surface area (TPSA) is 41.9 Å². The summed E-state index contributed by atoms with van der Waals surface area (Å²) < 4.78 is 11.2. The summed E-state index contributed by atoms with van der Waals surface area (Å²) in [5.41, 5.74) is 1.30. The Morgan fingerprint density at radius 2 is 2.38 bits per heavy atom. The van der Waals surface area contributed by atoms with E-state index in [0.717, 1.165) is 32.5 Å². The zero-order valence-corrected chi connectivity index (χ0v) is 13.8. The van der Waals surface area contributed by atoms with Gasteiger partial charge in [-0.25, -0.2) is 0 Å². The Balaban J connectivity index is 1.84. The van der Waals surface area contributed by atoms with E-state index in [9.17, 15) is 5.11 Å². The van der Waals surface area contributed by atoms with Gasteiger partial charge in [-0.2, -0.15) is 11.3 Å². The number of nitrogens with zero attached hydrogens (tertiary/aromatic N) is 1. The highest BCUT2D eigenvalue weighted by atomic mass is 32.1. The van der Waals surface area contributed by atoms with E-state index in [-0.39, 0.29) is 6.10 Å². The third-order valence-electron chi connectivity index (χ3n) is 3.56. The van der Waals surface area contributed by atoms with Crippen molar-refractivity contribution in [2.24, 2.45) is 0 Å². The number of aliphatic hydroxyl groups is 1. The second-order valence-corrected chi connectivity index (χ2v) is 6.78. The molecule has 5 heteroatoms. The summed E-state index contributed by atoms with van der Waals surface area (Å²) in [7, 11) is 0. The second kappa shape index (κ2) is 8.86. The van der Waals surface area contributed by atoms with Gasteiger partial charge in [-0.1, -0.05) is 0 Å². The largest absolute Gasteiger partial charge is 0.389 e. The lowest BCUT2D eigenvalue weighted by Gasteiger charge is -2.27. The first-order chi connectivity index (χ1) is 10.1. The molecule has 120 valence electrons. The van der Waals surface area contributed by atoms with Crippen LogP contribution in [0.2, 0.25) is 0 Å². The van der Waals surface area contributed by atoms with Crippen molar-refractivity contribution in [3.63, 3.8) is 0 Å². The van der Waals surface area contributed by atoms with Gasteiger partial charge in [0.25, 0.3) is 0 Å². The van der Waals surface area contributed by atoms with Crippen molar-refractivity contribution < 1.29 is 14.6 Å². The molecule has 0 saturated carbocycles. The normalized spacial score (nSPS) is 20.5. The first kappa shape index (κ1) is 16.9. The molecule has 1 aromatic heterocycles. The monoisotopic (exact) mass is 313 g/mol. The van der Waals surface area contributed by atoms with Gasteiger partial charge in [-0.05, 0) is 49.1 Å². The molecule has 1 aliphatic rings. The molecule has 0 aliphatic carbocycles. The average molecular weight is 313 g/mol. The Labute approximate surface area is 131 Å². The van der Waals surface area contributed by atoms with Gasteiger partial charge >= 0.3 is 0 Å². The quantitative estimate of drug-likeness (QED) is 0.761. The summed E-state index contributed by atoms with van der Waals surface area (Å²) in [6.45, 7) is 7.61. The summed E-state index contributed by atoms with van der Waals surface area (Å²) in [4.78, 5) is 2.28. The number of hydrogen-bond donors (Lipinski definition) is 1. The zero-order chi connectivity index (χ0) is 15.1. The molecule has 0 aromatic carbocycles. The van der Waals surface area contributed by atoms with Crippen LogP contribution in [0.5, 0.6) is 0 Å². The standard InChI is InChI=1S/C16H27NO3S/c1-13(2)20-11-15(18)9-17(8-14-5-7-21-12-14)10-16-4-3-6-19-16/h5,7,12-13,15-16,18H,3-4,6,8-11H2,1-2H3/t15-,16+/m0/s1. The van der Waals surface area contributed by atoms with Gasteiger partial charge in [0.15, 0.2) is 0 Å². The Morgan fingerprint density at radius 3 is 3.00 bits per heavy atom. The van der Waals surface area contributed by atoms with Crippen molar-refractivity contribution in [2.75, 3.05) is 26.3 Å². The molecule has 2 atom stereocenters. The van der Waals surface area contributed by atoms with E-state index in [1.165, 1.54) is 5.56 Å². The van der Waals surface area contributed by atoms with Crippen molar-refractivity contribution in [3.8, 4) is 0 Å². The van der Waals surface area contributed by atoms with Gasteiger partial charge in [0.2, 0.25) is 0 Å². The Bertz CT molecular complexity index is 377. The van der Waals surface area contributed by atoms with E-state index in [4.69, 9.17) is 9.47 Å². The van der Waals surface area contributed by atoms with Crippen LogP contribution in [-0.2, 0) is 16.0 Å². The summed E-state index contributed by atoms with van der Waals surface area (Å²) in [6.07, 6.45) is 2.28. The smallest absolute Gasteiger partial charge is 0.0900 e. The fraction of sp³-hybridized carbons (Fsp3) is 0.750. The fourth-order valence-electron chi connectivity index (χ4n) is 2.58. The molecule has 0 amide bonds. The molecule has 0 bridgehead atoms. The minimum absolute atomic E-state index is 0.156. The molecular weight excluding hydrogens is 286 g/mol. The molecular formula is C16H27NO3S. The summed E-state index contributed by atoms with van der Waals surface area (Å²) in [6, 6.07) is 2.14. The molecule has 1 N–H and O–H groups in total. The van der Waals surface area contributed by atoms with E-state index in [2.05, 4.69) is 21.7 Å². The zero-order valence-electron chi connectivity index (χ0n) is 13.0. The molecule has 4 nitrogen and oxygen atoms in total. The lowest BCUT2D eigenvalue weighted by molar-refractivity contribution is -0.0171. The molecule has 1 fully saturated rings. The third kappa shape index (κ3) is 6.45. The number of hydrogen-bond acceptors (Lipinski definition) is 5. The van der Waals surface area contributed by atoms with Gasteiger partial charge in [-0.3, -0.25) is 4.90 Å². The minimum atomic E-state index is -0.451. The van der Waals surface area contributed by atoms with Crippen LogP contribution < -0.4 is 0 Å². The number of rotatable bonds is 9. The van der Waals surface area contributed by atoms with Crippen molar-refractivity contribution in [2.45, 2.75) is 51.5 Å². The van der Waals surface area contributed by atoms with Crippen LogP contribution in [-0.4, -0.2) is 54.6 Å². The predicted molar refractivity (Wildman–Crippen MR) is 85.7 cm³/mol. The molecule has 1 aliphatic heterocycles. The molecule has 0 radical (unpaired) electrons. The van der Waals surface area contributed by atoms with Crippen LogP contribution in [0.1, 0.15) is 32.3 Å². The minimum Gasteiger partial charge on any atom is -0.389 e. The molecule has 2 rings (SSSR count). The van der Waals surface area contributed by atoms with E-state index in [1.54, 1.807) is 11.3 Å². The number of thiophene rings is 1. The molecule has 21 heavy (non-hydrogen) atoms. The van der Waals surface area contributed by atoms with Crippen LogP contribution in [0, 0.1) is 0 Å². The highest BCUT2D eigenvalue weighted by Gasteiger charge is 2.21. The number of aliphatic hydroxyl groups excluding tert-OH is 1. The third-order valence-corrected chi connectivity index (χ3v) is 4.30. The number of ether oxygens (including phenoxy) is 2. The van der Waals surface area contributed by atoms with Gasteiger partial charge in [-0.15, -0.1) is 0 Å². The van der Waals surface area contributed by atoms with Crippen molar-refractivity contribution in [1.82, 2.24) is 4.90 Å². The fourth-order valence-corrected chi connectivity index (χ4v) is 3.23. The molecule has 1 saturated heterocycles. The van der Waals surface area contributed by atoms with Crippen molar-refractivity contribution >= 4 is 11.3 Å². The van der Waals surface area contributed by atoms with E-state index in [1.807, 2.05) is 13.8 Å².